The molecule has 0 saturated carbocycles. The molecule has 0 radical (unpaired) electrons. The van der Waals surface area contributed by atoms with E-state index in [1.165, 1.54) is 18.2 Å². The molecular weight excluding hydrogens is 469 g/mol. The zero-order chi connectivity index (χ0) is 26.2. The van der Waals surface area contributed by atoms with Gasteiger partial charge in [-0.05, 0) is 60.5 Å². The van der Waals surface area contributed by atoms with Gasteiger partial charge in [-0.25, -0.2) is 4.39 Å². The van der Waals surface area contributed by atoms with Crippen molar-refractivity contribution in [2.24, 2.45) is 0 Å². The summed E-state index contributed by atoms with van der Waals surface area (Å²) in [6, 6.07) is 27.3. The van der Waals surface area contributed by atoms with E-state index in [0.717, 1.165) is 16.7 Å². The van der Waals surface area contributed by atoms with Crippen LogP contribution in [0.15, 0.2) is 91.0 Å². The number of para-hydroxylation sites is 1. The highest BCUT2D eigenvalue weighted by atomic mass is 19.1. The maximum atomic E-state index is 14.0. The normalized spacial score (nSPS) is 10.3. The highest BCUT2D eigenvalue weighted by molar-refractivity contribution is 6.08. The van der Waals surface area contributed by atoms with E-state index in [9.17, 15) is 14.0 Å². The van der Waals surface area contributed by atoms with Crippen molar-refractivity contribution >= 4 is 23.2 Å². The molecule has 0 fully saturated rings. The van der Waals surface area contributed by atoms with Crippen molar-refractivity contribution in [2.45, 2.75) is 20.0 Å². The van der Waals surface area contributed by atoms with E-state index < -0.39 is 11.7 Å². The van der Waals surface area contributed by atoms with Crippen LogP contribution in [0.25, 0.3) is 0 Å². The quantitative estimate of drug-likeness (QED) is 0.302. The van der Waals surface area contributed by atoms with E-state index in [1.807, 2.05) is 30.3 Å². The maximum Gasteiger partial charge on any atom is 0.258 e. The molecule has 0 aromatic heterocycles. The third kappa shape index (κ3) is 6.38. The van der Waals surface area contributed by atoms with Gasteiger partial charge in [0, 0.05) is 22.5 Å². The Hall–Kier alpha value is -4.96. The van der Waals surface area contributed by atoms with Crippen molar-refractivity contribution in [3.63, 3.8) is 0 Å². The summed E-state index contributed by atoms with van der Waals surface area (Å²) in [5.74, 6) is -0.934. The minimum Gasteiger partial charge on any atom is -0.489 e. The molecule has 2 amide bonds. The summed E-state index contributed by atoms with van der Waals surface area (Å²) in [7, 11) is 0. The van der Waals surface area contributed by atoms with Crippen LogP contribution >= 0.6 is 0 Å². The van der Waals surface area contributed by atoms with Crippen molar-refractivity contribution in [1.29, 1.82) is 5.26 Å². The minimum atomic E-state index is -0.622. The number of anilines is 2. The number of nitriles is 1. The van der Waals surface area contributed by atoms with Crippen molar-refractivity contribution in [2.75, 3.05) is 10.6 Å². The highest BCUT2D eigenvalue weighted by Crippen LogP contribution is 2.23. The predicted octanol–water partition coefficient (Wildman–Crippen LogP) is 6.28. The largest absolute Gasteiger partial charge is 0.489 e. The summed E-state index contributed by atoms with van der Waals surface area (Å²) >= 11 is 0. The molecule has 184 valence electrons. The number of benzene rings is 4. The fraction of sp³-hybridized carbons (Fsp3) is 0.100. The molecule has 0 aliphatic heterocycles. The number of aryl methyl sites for hydroxylation is 1. The average Bonchev–Trinajstić information content (AvgIpc) is 2.90. The van der Waals surface area contributed by atoms with Crippen LogP contribution in [0.3, 0.4) is 0 Å². The Balaban J connectivity index is 1.46. The third-order valence-electron chi connectivity index (χ3n) is 5.73. The number of halogens is 1. The Kier molecular flexibility index (Phi) is 7.91. The Morgan fingerprint density at radius 2 is 1.57 bits per heavy atom. The first-order valence-corrected chi connectivity index (χ1v) is 11.6. The smallest absolute Gasteiger partial charge is 0.258 e. The molecular formula is C30H24FN3O3. The number of carbonyl (C=O) groups excluding carboxylic acids is 2. The van der Waals surface area contributed by atoms with E-state index in [4.69, 9.17) is 10.00 Å². The van der Waals surface area contributed by atoms with Crippen LogP contribution < -0.4 is 15.4 Å². The van der Waals surface area contributed by atoms with Crippen molar-refractivity contribution in [3.05, 3.63) is 125 Å². The summed E-state index contributed by atoms with van der Waals surface area (Å²) in [5, 5.41) is 14.4. The second kappa shape index (κ2) is 11.6. The number of hydrogen-bond donors (Lipinski definition) is 2. The lowest BCUT2D eigenvalue weighted by atomic mass is 10.1. The van der Waals surface area contributed by atoms with E-state index in [0.29, 0.717) is 29.1 Å². The molecule has 4 aromatic rings. The van der Waals surface area contributed by atoms with Crippen LogP contribution in [0.2, 0.25) is 0 Å². The number of nitrogens with one attached hydrogen (secondary N) is 2. The molecule has 2 N–H and O–H groups in total. The molecule has 6 nitrogen and oxygen atoms in total. The summed E-state index contributed by atoms with van der Waals surface area (Å²) in [5.41, 5.74) is 3.67. The molecule has 0 saturated heterocycles. The average molecular weight is 494 g/mol. The number of carbonyl (C=O) groups is 2. The van der Waals surface area contributed by atoms with Crippen LogP contribution in [0.4, 0.5) is 15.8 Å². The Morgan fingerprint density at radius 3 is 2.32 bits per heavy atom. The molecule has 37 heavy (non-hydrogen) atoms. The fourth-order valence-corrected chi connectivity index (χ4v) is 3.65. The predicted molar refractivity (Wildman–Crippen MR) is 140 cm³/mol. The number of hydrogen-bond acceptors (Lipinski definition) is 4. The van der Waals surface area contributed by atoms with Gasteiger partial charge in [-0.2, -0.15) is 5.26 Å². The molecule has 4 aromatic carbocycles. The van der Waals surface area contributed by atoms with Crippen molar-refractivity contribution in [3.8, 4) is 11.8 Å². The van der Waals surface area contributed by atoms with Crippen LogP contribution in [-0.2, 0) is 13.0 Å². The van der Waals surface area contributed by atoms with E-state index in [1.54, 1.807) is 49.4 Å². The zero-order valence-electron chi connectivity index (χ0n) is 20.1. The number of ether oxygens (including phenoxy) is 1. The van der Waals surface area contributed by atoms with E-state index >= 15 is 0 Å². The monoisotopic (exact) mass is 493 g/mol. The van der Waals surface area contributed by atoms with Crippen LogP contribution in [0, 0.1) is 24.1 Å². The highest BCUT2D eigenvalue weighted by Gasteiger charge is 2.15. The van der Waals surface area contributed by atoms with Gasteiger partial charge in [-0.15, -0.1) is 0 Å². The second-order valence-corrected chi connectivity index (χ2v) is 8.34. The molecule has 0 bridgehead atoms. The first-order valence-electron chi connectivity index (χ1n) is 11.6. The Bertz CT molecular complexity index is 1480. The maximum absolute atomic E-state index is 14.0. The van der Waals surface area contributed by atoms with Crippen LogP contribution in [0.1, 0.15) is 37.4 Å². The number of rotatable bonds is 8. The molecule has 0 spiro atoms. The van der Waals surface area contributed by atoms with Gasteiger partial charge in [0.05, 0.1) is 18.1 Å². The van der Waals surface area contributed by atoms with Crippen LogP contribution in [-0.4, -0.2) is 11.8 Å². The molecule has 0 unspecified atom stereocenters. The zero-order valence-corrected chi connectivity index (χ0v) is 20.1. The summed E-state index contributed by atoms with van der Waals surface area (Å²) in [6.45, 7) is 2.02. The van der Waals surface area contributed by atoms with Gasteiger partial charge in [0.25, 0.3) is 11.8 Å². The lowest BCUT2D eigenvalue weighted by Crippen LogP contribution is -2.17. The fourth-order valence-electron chi connectivity index (χ4n) is 3.65. The summed E-state index contributed by atoms with van der Waals surface area (Å²) < 4.78 is 19.9. The van der Waals surface area contributed by atoms with Gasteiger partial charge in [-0.1, -0.05) is 48.5 Å². The SMILES string of the molecule is Cc1ccc(C(=O)Nc2ccccc2COc2ccc(CC#N)cc2)cc1NC(=O)c1ccccc1F. The Morgan fingerprint density at radius 1 is 0.865 bits per heavy atom. The summed E-state index contributed by atoms with van der Waals surface area (Å²) in [6.07, 6.45) is 0.336. The van der Waals surface area contributed by atoms with Gasteiger partial charge in [0.15, 0.2) is 0 Å². The summed E-state index contributed by atoms with van der Waals surface area (Å²) in [4.78, 5) is 25.6. The van der Waals surface area contributed by atoms with Gasteiger partial charge in [0.2, 0.25) is 0 Å². The van der Waals surface area contributed by atoms with Crippen LogP contribution in [0.5, 0.6) is 5.75 Å². The molecule has 0 aliphatic rings. The third-order valence-corrected chi connectivity index (χ3v) is 5.73. The van der Waals surface area contributed by atoms with Gasteiger partial charge in [-0.3, -0.25) is 9.59 Å². The minimum absolute atomic E-state index is 0.0783. The standard InChI is InChI=1S/C30H24FN3O3/c1-20-10-13-22(18-28(20)34-30(36)25-7-3-4-8-26(25)31)29(35)33-27-9-5-2-6-23(27)19-37-24-14-11-21(12-15-24)16-17-32/h2-15,18H,16,19H2,1H3,(H,33,35)(H,34,36). The molecule has 7 heteroatoms. The van der Waals surface area contributed by atoms with E-state index in [2.05, 4.69) is 16.7 Å². The second-order valence-electron chi connectivity index (χ2n) is 8.34. The number of nitrogens with zero attached hydrogens (tertiary/aromatic N) is 1. The lowest BCUT2D eigenvalue weighted by molar-refractivity contribution is 0.101. The molecule has 0 aliphatic carbocycles. The van der Waals surface area contributed by atoms with Gasteiger partial charge >= 0.3 is 0 Å². The number of amides is 2. The van der Waals surface area contributed by atoms with Crippen molar-refractivity contribution < 1.29 is 18.7 Å². The topological polar surface area (TPSA) is 91.2 Å². The van der Waals surface area contributed by atoms with Crippen molar-refractivity contribution in [1.82, 2.24) is 0 Å². The van der Waals surface area contributed by atoms with Gasteiger partial charge < -0.3 is 15.4 Å². The van der Waals surface area contributed by atoms with Gasteiger partial charge in [0.1, 0.15) is 18.2 Å². The molecule has 0 atom stereocenters. The lowest BCUT2D eigenvalue weighted by Gasteiger charge is -2.14. The molecule has 4 rings (SSSR count). The van der Waals surface area contributed by atoms with E-state index in [-0.39, 0.29) is 18.1 Å². The first-order chi connectivity index (χ1) is 17.9. The Labute approximate surface area is 214 Å². The first kappa shape index (κ1) is 25.1. The molecule has 0 heterocycles.